The van der Waals surface area contributed by atoms with Crippen LogP contribution in [0.4, 0.5) is 11.4 Å². The SMILES string of the molecule is N#Cc1ccc(COc2ccc(C=C3SC(=Nc4ccc(N5C=C(O)NS5(=O)=O)cc4)NC3=O)cc2)cc1. The maximum atomic E-state index is 12.4. The van der Waals surface area contributed by atoms with Gasteiger partial charge in [-0.25, -0.2) is 14.0 Å². The van der Waals surface area contributed by atoms with E-state index >= 15 is 0 Å². The molecule has 3 N–H and O–H groups in total. The second kappa shape index (κ2) is 10.3. The van der Waals surface area contributed by atoms with E-state index in [2.05, 4.69) is 16.4 Å². The van der Waals surface area contributed by atoms with E-state index in [9.17, 15) is 18.3 Å². The normalized spacial score (nSPS) is 18.1. The van der Waals surface area contributed by atoms with Crippen molar-refractivity contribution in [2.45, 2.75) is 6.61 Å². The van der Waals surface area contributed by atoms with E-state index in [1.165, 1.54) is 23.9 Å². The Bertz CT molecular complexity index is 1620. The van der Waals surface area contributed by atoms with Crippen molar-refractivity contribution < 1.29 is 23.1 Å². The second-order valence-electron chi connectivity index (χ2n) is 8.08. The Labute approximate surface area is 222 Å². The lowest BCUT2D eigenvalue weighted by Crippen LogP contribution is -2.29. The van der Waals surface area contributed by atoms with Gasteiger partial charge in [-0.3, -0.25) is 4.79 Å². The number of anilines is 1. The number of thioether (sulfide) groups is 1. The van der Waals surface area contributed by atoms with E-state index in [4.69, 9.17) is 10.00 Å². The molecule has 3 aromatic rings. The van der Waals surface area contributed by atoms with Gasteiger partial charge in [0.1, 0.15) is 12.4 Å². The molecular formula is C26H19N5O5S2. The Morgan fingerprint density at radius 2 is 1.76 bits per heavy atom. The predicted molar refractivity (Wildman–Crippen MR) is 144 cm³/mol. The zero-order valence-corrected chi connectivity index (χ0v) is 21.2. The van der Waals surface area contributed by atoms with Crippen LogP contribution in [0.15, 0.2) is 94.8 Å². The Morgan fingerprint density at radius 1 is 1.05 bits per heavy atom. The summed E-state index contributed by atoms with van der Waals surface area (Å²) in [4.78, 5) is 17.3. The summed E-state index contributed by atoms with van der Waals surface area (Å²) >= 11 is 1.19. The lowest BCUT2D eigenvalue weighted by molar-refractivity contribution is -0.115. The molecule has 2 aliphatic heterocycles. The van der Waals surface area contributed by atoms with Gasteiger partial charge in [-0.2, -0.15) is 13.7 Å². The third-order valence-electron chi connectivity index (χ3n) is 5.38. The first-order chi connectivity index (χ1) is 18.3. The molecule has 190 valence electrons. The lowest BCUT2D eigenvalue weighted by atomic mass is 10.1. The zero-order chi connectivity index (χ0) is 26.7. The lowest BCUT2D eigenvalue weighted by Gasteiger charge is -2.13. The topological polar surface area (TPSA) is 144 Å². The van der Waals surface area contributed by atoms with E-state index in [0.717, 1.165) is 21.6 Å². The highest BCUT2D eigenvalue weighted by atomic mass is 32.2. The summed E-state index contributed by atoms with van der Waals surface area (Å²) in [5.74, 6) is -0.0701. The van der Waals surface area contributed by atoms with Gasteiger partial charge in [-0.05, 0) is 77.5 Å². The molecule has 0 aromatic heterocycles. The molecule has 0 saturated carbocycles. The first kappa shape index (κ1) is 24.9. The van der Waals surface area contributed by atoms with E-state index in [-0.39, 0.29) is 5.91 Å². The number of aliphatic hydroxyl groups excluding tert-OH is 1. The average molecular weight is 546 g/mol. The van der Waals surface area contributed by atoms with E-state index in [1.807, 2.05) is 41.1 Å². The van der Waals surface area contributed by atoms with Gasteiger partial charge in [-0.15, -0.1) is 0 Å². The number of amides is 1. The summed E-state index contributed by atoms with van der Waals surface area (Å²) in [6.07, 6.45) is 2.81. The van der Waals surface area contributed by atoms with Crippen molar-refractivity contribution in [3.63, 3.8) is 0 Å². The number of hydrogen-bond acceptors (Lipinski definition) is 8. The molecule has 0 spiro atoms. The maximum Gasteiger partial charge on any atom is 0.330 e. The number of nitrogens with zero attached hydrogens (tertiary/aromatic N) is 3. The first-order valence-corrected chi connectivity index (χ1v) is 13.4. The van der Waals surface area contributed by atoms with Gasteiger partial charge in [0.05, 0.1) is 34.1 Å². The van der Waals surface area contributed by atoms with Crippen molar-refractivity contribution in [3.8, 4) is 11.8 Å². The van der Waals surface area contributed by atoms with Crippen molar-refractivity contribution in [1.82, 2.24) is 10.0 Å². The molecule has 10 nitrogen and oxygen atoms in total. The summed E-state index contributed by atoms with van der Waals surface area (Å²) in [5, 5.41) is 21.4. The van der Waals surface area contributed by atoms with Crippen LogP contribution < -0.4 is 19.1 Å². The number of nitriles is 1. The average Bonchev–Trinajstić information content (AvgIpc) is 3.39. The Hall–Kier alpha value is -4.73. The van der Waals surface area contributed by atoms with Gasteiger partial charge in [0.15, 0.2) is 5.17 Å². The predicted octanol–water partition coefficient (Wildman–Crippen LogP) is 4.04. The monoisotopic (exact) mass is 545 g/mol. The number of aliphatic imine (C=N–C) groups is 1. The highest BCUT2D eigenvalue weighted by molar-refractivity contribution is 8.18. The van der Waals surface area contributed by atoms with Gasteiger partial charge in [0.25, 0.3) is 5.91 Å². The Morgan fingerprint density at radius 3 is 2.39 bits per heavy atom. The van der Waals surface area contributed by atoms with Crippen LogP contribution >= 0.6 is 11.8 Å². The van der Waals surface area contributed by atoms with Crippen LogP contribution in [0.2, 0.25) is 0 Å². The molecule has 1 amide bonds. The first-order valence-electron chi connectivity index (χ1n) is 11.1. The van der Waals surface area contributed by atoms with Gasteiger partial charge >= 0.3 is 10.2 Å². The highest BCUT2D eigenvalue weighted by Crippen LogP contribution is 2.30. The summed E-state index contributed by atoms with van der Waals surface area (Å²) in [6.45, 7) is 0.370. The van der Waals surface area contributed by atoms with Crippen molar-refractivity contribution in [3.05, 3.63) is 106 Å². The summed E-state index contributed by atoms with van der Waals surface area (Å²) in [7, 11) is -3.87. The molecule has 5 rings (SSSR count). The van der Waals surface area contributed by atoms with Gasteiger partial charge in [0.2, 0.25) is 5.88 Å². The van der Waals surface area contributed by atoms with Gasteiger partial charge < -0.3 is 15.2 Å². The molecule has 0 unspecified atom stereocenters. The van der Waals surface area contributed by atoms with Crippen LogP contribution in [0, 0.1) is 11.3 Å². The van der Waals surface area contributed by atoms with Crippen LogP contribution in [-0.2, 0) is 21.6 Å². The molecule has 0 atom stereocenters. The fraction of sp³-hybridized carbons (Fsp3) is 0.0385. The summed E-state index contributed by atoms with van der Waals surface area (Å²) < 4.78 is 32.7. The fourth-order valence-corrected chi connectivity index (χ4v) is 5.42. The largest absolute Gasteiger partial charge is 0.493 e. The summed E-state index contributed by atoms with van der Waals surface area (Å²) in [6, 6.07) is 22.9. The number of amidine groups is 1. The minimum atomic E-state index is -3.87. The number of carbonyl (C=O) groups is 1. The van der Waals surface area contributed by atoms with Gasteiger partial charge in [0, 0.05) is 0 Å². The van der Waals surface area contributed by atoms with Crippen molar-refractivity contribution >= 4 is 50.5 Å². The number of aliphatic hydroxyl groups is 1. The smallest absolute Gasteiger partial charge is 0.330 e. The summed E-state index contributed by atoms with van der Waals surface area (Å²) in [5.41, 5.74) is 3.19. The standard InChI is InChI=1S/C26H19N5O5S2/c27-14-18-1-3-19(4-2-18)16-36-22-11-5-17(6-12-22)13-23-25(33)29-26(37-23)28-20-7-9-21(10-8-20)31-15-24(32)30-38(31,34)35/h1-13,15,30,32H,16H2,(H,28,29,33). The Kier molecular flexibility index (Phi) is 6.78. The fourth-order valence-electron chi connectivity index (χ4n) is 3.53. The second-order valence-corrected chi connectivity index (χ2v) is 10.7. The molecule has 0 radical (unpaired) electrons. The van der Waals surface area contributed by atoms with E-state index in [0.29, 0.717) is 39.4 Å². The highest BCUT2D eigenvalue weighted by Gasteiger charge is 2.28. The number of ether oxygens (including phenoxy) is 1. The van der Waals surface area contributed by atoms with Crippen molar-refractivity contribution in [1.29, 1.82) is 5.26 Å². The minimum absolute atomic E-state index is 0.277. The molecule has 3 aromatic carbocycles. The van der Waals surface area contributed by atoms with Crippen LogP contribution in [-0.4, -0.2) is 24.6 Å². The minimum Gasteiger partial charge on any atom is -0.493 e. The van der Waals surface area contributed by atoms with E-state index in [1.54, 1.807) is 30.3 Å². The maximum absolute atomic E-state index is 12.4. The van der Waals surface area contributed by atoms with Gasteiger partial charge in [-0.1, -0.05) is 24.3 Å². The third-order valence-corrected chi connectivity index (χ3v) is 7.60. The van der Waals surface area contributed by atoms with Crippen LogP contribution in [0.5, 0.6) is 5.75 Å². The van der Waals surface area contributed by atoms with E-state index < -0.39 is 16.1 Å². The molecule has 0 aliphatic carbocycles. The molecule has 1 fully saturated rings. The number of hydrogen-bond donors (Lipinski definition) is 3. The van der Waals surface area contributed by atoms with Crippen molar-refractivity contribution in [2.24, 2.45) is 4.99 Å². The molecule has 0 bridgehead atoms. The number of nitrogens with one attached hydrogen (secondary N) is 2. The molecular weight excluding hydrogens is 526 g/mol. The molecule has 38 heavy (non-hydrogen) atoms. The Balaban J connectivity index is 1.21. The number of carbonyl (C=O) groups excluding carboxylic acids is 1. The van der Waals surface area contributed by atoms with Crippen LogP contribution in [0.3, 0.4) is 0 Å². The molecule has 12 heteroatoms. The number of rotatable bonds is 6. The zero-order valence-electron chi connectivity index (χ0n) is 19.5. The molecule has 2 aliphatic rings. The van der Waals surface area contributed by atoms with Crippen molar-refractivity contribution in [2.75, 3.05) is 4.31 Å². The quantitative estimate of drug-likeness (QED) is 0.397. The van der Waals surface area contributed by atoms with Crippen LogP contribution in [0.25, 0.3) is 6.08 Å². The molecule has 2 heterocycles. The van der Waals surface area contributed by atoms with Crippen LogP contribution in [0.1, 0.15) is 16.7 Å². The molecule has 1 saturated heterocycles. The third kappa shape index (κ3) is 5.64. The number of benzene rings is 3.